The number of carbonyl (C=O) groups excluding carboxylic acids is 1. The van der Waals surface area contributed by atoms with Crippen molar-refractivity contribution in [3.8, 4) is 5.75 Å². The van der Waals surface area contributed by atoms with Crippen molar-refractivity contribution < 1.29 is 14.3 Å². The van der Waals surface area contributed by atoms with Crippen LogP contribution >= 0.6 is 8.58 Å². The van der Waals surface area contributed by atoms with Crippen LogP contribution in [0, 0.1) is 27.7 Å². The van der Waals surface area contributed by atoms with Crippen LogP contribution in [0.5, 0.6) is 5.75 Å². The van der Waals surface area contributed by atoms with Gasteiger partial charge in [0.1, 0.15) is 12.4 Å². The number of benzene rings is 2. The Bertz CT molecular complexity index is 742. The predicted octanol–water partition coefficient (Wildman–Crippen LogP) is 3.83. The van der Waals surface area contributed by atoms with Crippen LogP contribution in [-0.2, 0) is 4.74 Å². The topological polar surface area (TPSA) is 35.5 Å². The van der Waals surface area contributed by atoms with Gasteiger partial charge in [0.05, 0.1) is 6.61 Å². The summed E-state index contributed by atoms with van der Waals surface area (Å²) in [4.78, 5) is 12.8. The molecule has 2 aromatic rings. The molecule has 0 radical (unpaired) electrons. The van der Waals surface area contributed by atoms with E-state index in [0.29, 0.717) is 19.8 Å². The summed E-state index contributed by atoms with van der Waals surface area (Å²) in [5, 5.41) is 1.03. The van der Waals surface area contributed by atoms with Gasteiger partial charge in [-0.3, -0.25) is 4.79 Å². The van der Waals surface area contributed by atoms with Gasteiger partial charge in [-0.2, -0.15) is 0 Å². The minimum absolute atomic E-state index is 0. The Morgan fingerprint density at radius 3 is 2.23 bits per heavy atom. The van der Waals surface area contributed by atoms with Gasteiger partial charge in [0.2, 0.25) is 0 Å². The van der Waals surface area contributed by atoms with Gasteiger partial charge < -0.3 is 9.47 Å². The van der Waals surface area contributed by atoms with E-state index in [-0.39, 0.29) is 33.0 Å². The van der Waals surface area contributed by atoms with Gasteiger partial charge in [0.15, 0.2) is 5.52 Å². The molecule has 2 rings (SSSR count). The van der Waals surface area contributed by atoms with Crippen molar-refractivity contribution in [2.75, 3.05) is 19.8 Å². The van der Waals surface area contributed by atoms with Gasteiger partial charge in [-0.1, -0.05) is 18.2 Å². The zero-order valence-electron chi connectivity index (χ0n) is 15.7. The van der Waals surface area contributed by atoms with Crippen molar-refractivity contribution in [3.05, 3.63) is 58.1 Å². The van der Waals surface area contributed by atoms with Gasteiger partial charge in [-0.15, -0.1) is 0 Å². The summed E-state index contributed by atoms with van der Waals surface area (Å²) in [5.74, 6) is 0.805. The molecule has 0 spiro atoms. The molecule has 0 bridgehead atoms. The summed E-state index contributed by atoms with van der Waals surface area (Å²) in [6.45, 7) is 12.0. The fourth-order valence-corrected chi connectivity index (χ4v) is 3.93. The van der Waals surface area contributed by atoms with E-state index in [9.17, 15) is 4.79 Å². The maximum absolute atomic E-state index is 12.8. The number of rotatable bonds is 8. The third-order valence-corrected chi connectivity index (χ3v) is 5.50. The normalized spacial score (nSPS) is 10.8. The Morgan fingerprint density at radius 2 is 1.62 bits per heavy atom. The molecule has 0 amide bonds. The number of hydrogen-bond donors (Lipinski definition) is 0. The molecule has 0 aliphatic heterocycles. The van der Waals surface area contributed by atoms with Gasteiger partial charge in [0, 0.05) is 12.2 Å². The molecule has 0 aliphatic rings. The first-order valence-electron chi connectivity index (χ1n) is 8.63. The molecule has 0 aliphatic carbocycles. The van der Waals surface area contributed by atoms with E-state index >= 15 is 0 Å². The Morgan fingerprint density at radius 1 is 0.962 bits per heavy atom. The standard InChI is InChI=1S/C21H27O3P.Li.H/c1-6-23-11-12-24-18-7-9-19(10-8-18)25-21(22)20-15(3)13-14(2)16(4)17(20)5;;/h7-10,13,25H,6,11-12H2,1-5H3;;. The van der Waals surface area contributed by atoms with E-state index in [1.807, 2.05) is 45.0 Å². The van der Waals surface area contributed by atoms with Gasteiger partial charge in [-0.05, 0) is 82.9 Å². The van der Waals surface area contributed by atoms with Crippen LogP contribution in [0.4, 0.5) is 0 Å². The molecule has 1 atom stereocenters. The SMILES string of the molecule is CCOCCOc1ccc(PC(=O)c2c(C)cc(C)c(C)c2C)cc1.[LiH]. The number of ether oxygens (including phenoxy) is 2. The molecule has 26 heavy (non-hydrogen) atoms. The predicted molar refractivity (Wildman–Crippen MR) is 113 cm³/mol. The van der Waals surface area contributed by atoms with Crippen molar-refractivity contribution in [2.45, 2.75) is 34.6 Å². The molecule has 0 saturated carbocycles. The third kappa shape index (κ3) is 5.97. The first-order valence-corrected chi connectivity index (χ1v) is 9.63. The van der Waals surface area contributed by atoms with E-state index < -0.39 is 0 Å². The van der Waals surface area contributed by atoms with Crippen LogP contribution in [0.2, 0.25) is 0 Å². The second kappa shape index (κ2) is 10.9. The van der Waals surface area contributed by atoms with Crippen LogP contribution in [0.1, 0.15) is 39.5 Å². The van der Waals surface area contributed by atoms with Crippen LogP contribution in [0.3, 0.4) is 0 Å². The molecular formula is C21H28LiO3P. The Kier molecular flexibility index (Phi) is 9.62. The third-order valence-electron chi connectivity index (χ3n) is 4.40. The molecule has 3 nitrogen and oxygen atoms in total. The molecule has 1 unspecified atom stereocenters. The summed E-state index contributed by atoms with van der Waals surface area (Å²) >= 11 is 0. The molecule has 0 saturated heterocycles. The number of aryl methyl sites for hydroxylation is 2. The summed E-state index contributed by atoms with van der Waals surface area (Å²) in [7, 11) is 0.121. The van der Waals surface area contributed by atoms with E-state index in [0.717, 1.165) is 27.7 Å². The molecule has 0 fully saturated rings. The monoisotopic (exact) mass is 366 g/mol. The molecule has 0 N–H and O–H groups in total. The summed E-state index contributed by atoms with van der Waals surface area (Å²) in [6.07, 6.45) is 0. The van der Waals surface area contributed by atoms with Crippen molar-refractivity contribution >= 4 is 38.3 Å². The minimum atomic E-state index is 0. The fraction of sp³-hybridized carbons (Fsp3) is 0.381. The molecular weight excluding hydrogens is 338 g/mol. The van der Waals surface area contributed by atoms with Crippen molar-refractivity contribution in [1.29, 1.82) is 0 Å². The average Bonchev–Trinajstić information content (AvgIpc) is 2.58. The average molecular weight is 366 g/mol. The number of carbonyl (C=O) groups is 1. The Balaban J connectivity index is 0.00000338. The van der Waals surface area contributed by atoms with Crippen molar-refractivity contribution in [2.24, 2.45) is 0 Å². The zero-order valence-corrected chi connectivity index (χ0v) is 16.7. The maximum atomic E-state index is 12.8. The summed E-state index contributed by atoms with van der Waals surface area (Å²) in [5.41, 5.74) is 5.68. The van der Waals surface area contributed by atoms with Gasteiger partial charge in [0.25, 0.3) is 0 Å². The fourth-order valence-electron chi connectivity index (χ4n) is 2.82. The van der Waals surface area contributed by atoms with Crippen LogP contribution in [0.25, 0.3) is 0 Å². The van der Waals surface area contributed by atoms with Gasteiger partial charge >= 0.3 is 18.9 Å². The molecule has 5 heteroatoms. The zero-order chi connectivity index (χ0) is 18.4. The molecule has 0 heterocycles. The second-order valence-electron chi connectivity index (χ2n) is 6.16. The van der Waals surface area contributed by atoms with E-state index in [2.05, 4.69) is 19.9 Å². The molecule has 136 valence electrons. The van der Waals surface area contributed by atoms with Gasteiger partial charge in [-0.25, -0.2) is 0 Å². The van der Waals surface area contributed by atoms with E-state index in [1.165, 1.54) is 11.1 Å². The number of hydrogen-bond acceptors (Lipinski definition) is 3. The van der Waals surface area contributed by atoms with E-state index in [1.54, 1.807) is 0 Å². The summed E-state index contributed by atoms with van der Waals surface area (Å²) in [6, 6.07) is 9.88. The second-order valence-corrected chi connectivity index (χ2v) is 7.44. The van der Waals surface area contributed by atoms with Crippen molar-refractivity contribution in [1.82, 2.24) is 0 Å². The molecule has 0 aromatic heterocycles. The first-order chi connectivity index (χ1) is 11.9. The quantitative estimate of drug-likeness (QED) is 0.405. The van der Waals surface area contributed by atoms with Crippen LogP contribution in [0.15, 0.2) is 30.3 Å². The van der Waals surface area contributed by atoms with Crippen LogP contribution in [-0.4, -0.2) is 44.2 Å². The van der Waals surface area contributed by atoms with E-state index in [4.69, 9.17) is 9.47 Å². The Hall–Kier alpha value is -1.10. The van der Waals surface area contributed by atoms with Crippen LogP contribution < -0.4 is 10.0 Å². The molecule has 2 aromatic carbocycles. The van der Waals surface area contributed by atoms with Crippen molar-refractivity contribution in [3.63, 3.8) is 0 Å². The summed E-state index contributed by atoms with van der Waals surface area (Å²) < 4.78 is 10.9. The first kappa shape index (κ1) is 22.9. The Labute approximate surface area is 170 Å².